The number of carbonyl (C=O) groups excluding carboxylic acids is 1. The highest BCUT2D eigenvalue weighted by Crippen LogP contribution is 2.33. The van der Waals surface area contributed by atoms with Crippen LogP contribution in [-0.4, -0.2) is 25.0 Å². The first kappa shape index (κ1) is 14.8. The van der Waals surface area contributed by atoms with Crippen LogP contribution < -0.4 is 4.90 Å². The molecule has 0 aliphatic carbocycles. The molecule has 0 amide bonds. The second kappa shape index (κ2) is 5.57. The zero-order valence-corrected chi connectivity index (χ0v) is 12.6. The van der Waals surface area contributed by atoms with E-state index in [4.69, 9.17) is 4.74 Å². The number of esters is 1. The van der Waals surface area contributed by atoms with E-state index >= 15 is 0 Å². The first-order chi connectivity index (χ1) is 11.0. The van der Waals surface area contributed by atoms with Crippen LogP contribution in [0.2, 0.25) is 0 Å². The Kier molecular flexibility index (Phi) is 3.57. The van der Waals surface area contributed by atoms with Crippen LogP contribution in [0.1, 0.15) is 21.5 Å². The zero-order chi connectivity index (χ0) is 16.6. The van der Waals surface area contributed by atoms with Crippen LogP contribution in [0.25, 0.3) is 11.8 Å². The first-order valence-electron chi connectivity index (χ1n) is 6.96. The van der Waals surface area contributed by atoms with Crippen LogP contribution >= 0.6 is 0 Å². The summed E-state index contributed by atoms with van der Waals surface area (Å²) in [6.45, 7) is 0. The molecule has 0 saturated carbocycles. The van der Waals surface area contributed by atoms with E-state index in [9.17, 15) is 14.9 Å². The molecule has 0 fully saturated rings. The van der Waals surface area contributed by atoms with Crippen molar-refractivity contribution in [2.75, 3.05) is 19.0 Å². The number of nitro groups is 1. The third-order valence-corrected chi connectivity index (χ3v) is 3.61. The number of rotatable bonds is 3. The van der Waals surface area contributed by atoms with Gasteiger partial charge in [-0.05, 0) is 29.8 Å². The molecular weight excluding hydrogens is 296 g/mol. The molecule has 1 aliphatic rings. The Balaban J connectivity index is 1.97. The summed E-state index contributed by atoms with van der Waals surface area (Å²) in [7, 11) is 3.91. The third kappa shape index (κ3) is 2.78. The average molecular weight is 310 g/mol. The van der Waals surface area contributed by atoms with Crippen molar-refractivity contribution in [1.29, 1.82) is 0 Å². The highest BCUT2D eigenvalue weighted by atomic mass is 16.6. The number of cyclic esters (lactones) is 1. The van der Waals surface area contributed by atoms with Gasteiger partial charge in [0.25, 0.3) is 5.69 Å². The SMILES string of the molecule is CN(C)c1ccc(/C=C2\OC(=O)c3cc([N+](=O)[O-])ccc32)cc1. The van der Waals surface area contributed by atoms with E-state index in [0.717, 1.165) is 11.3 Å². The highest BCUT2D eigenvalue weighted by Gasteiger charge is 2.28. The number of hydrogen-bond donors (Lipinski definition) is 0. The summed E-state index contributed by atoms with van der Waals surface area (Å²) in [5, 5.41) is 10.8. The molecule has 2 aromatic carbocycles. The van der Waals surface area contributed by atoms with Crippen LogP contribution in [0.3, 0.4) is 0 Å². The van der Waals surface area contributed by atoms with Crippen molar-refractivity contribution in [1.82, 2.24) is 0 Å². The lowest BCUT2D eigenvalue weighted by molar-refractivity contribution is -0.384. The Bertz CT molecular complexity index is 823. The Labute approximate surface area is 132 Å². The minimum atomic E-state index is -0.570. The predicted octanol–water partition coefficient (Wildman–Crippen LogP) is 3.33. The summed E-state index contributed by atoms with van der Waals surface area (Å²) < 4.78 is 5.24. The summed E-state index contributed by atoms with van der Waals surface area (Å²) in [4.78, 5) is 24.1. The lowest BCUT2D eigenvalue weighted by Gasteiger charge is -2.11. The van der Waals surface area contributed by atoms with Crippen molar-refractivity contribution in [3.8, 4) is 0 Å². The standard InChI is InChI=1S/C17H14N2O4/c1-18(2)12-5-3-11(4-6-12)9-16-14-8-7-13(19(21)22)10-15(14)17(20)23-16/h3-10H,1-2H3/b16-9-. The molecular formula is C17H14N2O4. The number of hydrogen-bond acceptors (Lipinski definition) is 5. The van der Waals surface area contributed by atoms with Gasteiger partial charge in [-0.3, -0.25) is 10.1 Å². The largest absolute Gasteiger partial charge is 0.422 e. The zero-order valence-electron chi connectivity index (χ0n) is 12.6. The molecule has 0 atom stereocenters. The van der Waals surface area contributed by atoms with Crippen molar-refractivity contribution in [3.63, 3.8) is 0 Å². The molecule has 3 rings (SSSR count). The fraction of sp³-hybridized carbons (Fsp3) is 0.118. The van der Waals surface area contributed by atoms with Gasteiger partial charge in [0.15, 0.2) is 0 Å². The molecule has 0 bridgehead atoms. The maximum Gasteiger partial charge on any atom is 0.344 e. The number of benzene rings is 2. The fourth-order valence-corrected chi connectivity index (χ4v) is 2.37. The van der Waals surface area contributed by atoms with Gasteiger partial charge in [-0.1, -0.05) is 12.1 Å². The molecule has 2 aromatic rings. The van der Waals surface area contributed by atoms with Gasteiger partial charge >= 0.3 is 5.97 Å². The lowest BCUT2D eigenvalue weighted by Crippen LogP contribution is -2.07. The maximum absolute atomic E-state index is 11.9. The minimum Gasteiger partial charge on any atom is -0.422 e. The number of fused-ring (bicyclic) bond motifs is 1. The van der Waals surface area contributed by atoms with Crippen LogP contribution in [0.15, 0.2) is 42.5 Å². The number of nitrogens with zero attached hydrogens (tertiary/aromatic N) is 2. The van der Waals surface area contributed by atoms with E-state index in [1.54, 1.807) is 12.1 Å². The molecule has 0 aromatic heterocycles. The van der Waals surface area contributed by atoms with E-state index in [-0.39, 0.29) is 11.3 Å². The van der Waals surface area contributed by atoms with Gasteiger partial charge in [0, 0.05) is 37.5 Å². The second-order valence-electron chi connectivity index (χ2n) is 5.37. The quantitative estimate of drug-likeness (QED) is 0.494. The van der Waals surface area contributed by atoms with Gasteiger partial charge in [-0.15, -0.1) is 0 Å². The van der Waals surface area contributed by atoms with E-state index in [0.29, 0.717) is 11.3 Å². The van der Waals surface area contributed by atoms with Crippen LogP contribution in [-0.2, 0) is 4.74 Å². The highest BCUT2D eigenvalue weighted by molar-refractivity contribution is 6.06. The predicted molar refractivity (Wildman–Crippen MR) is 87.2 cm³/mol. The van der Waals surface area contributed by atoms with Gasteiger partial charge in [0.2, 0.25) is 0 Å². The smallest absolute Gasteiger partial charge is 0.344 e. The second-order valence-corrected chi connectivity index (χ2v) is 5.37. The van der Waals surface area contributed by atoms with Crippen molar-refractivity contribution in [2.45, 2.75) is 0 Å². The molecule has 1 heterocycles. The summed E-state index contributed by atoms with van der Waals surface area (Å²) >= 11 is 0. The summed E-state index contributed by atoms with van der Waals surface area (Å²) in [6, 6.07) is 11.9. The molecule has 0 spiro atoms. The summed E-state index contributed by atoms with van der Waals surface area (Å²) in [5.74, 6) is -0.169. The third-order valence-electron chi connectivity index (χ3n) is 3.61. The number of anilines is 1. The van der Waals surface area contributed by atoms with Gasteiger partial charge < -0.3 is 9.64 Å². The van der Waals surface area contributed by atoms with Crippen molar-refractivity contribution < 1.29 is 14.5 Å². The number of non-ortho nitro benzene ring substituents is 1. The van der Waals surface area contributed by atoms with Crippen molar-refractivity contribution >= 4 is 29.2 Å². The van der Waals surface area contributed by atoms with E-state index in [1.807, 2.05) is 43.3 Å². The summed E-state index contributed by atoms with van der Waals surface area (Å²) in [5.41, 5.74) is 2.60. The van der Waals surface area contributed by atoms with Gasteiger partial charge in [-0.2, -0.15) is 0 Å². The molecule has 6 heteroatoms. The number of nitro benzene ring substituents is 1. The maximum atomic E-state index is 11.9. The van der Waals surface area contributed by atoms with Crippen LogP contribution in [0.5, 0.6) is 0 Å². The molecule has 1 aliphatic heterocycles. The normalized spacial score (nSPS) is 14.5. The molecule has 0 unspecified atom stereocenters. The van der Waals surface area contributed by atoms with E-state index < -0.39 is 10.9 Å². The molecule has 0 radical (unpaired) electrons. The molecule has 0 saturated heterocycles. The first-order valence-corrected chi connectivity index (χ1v) is 6.96. The Morgan fingerprint density at radius 2 is 1.78 bits per heavy atom. The number of ether oxygens (including phenoxy) is 1. The van der Waals surface area contributed by atoms with Gasteiger partial charge in [0.1, 0.15) is 5.76 Å². The van der Waals surface area contributed by atoms with Gasteiger partial charge in [0.05, 0.1) is 10.5 Å². The van der Waals surface area contributed by atoms with E-state index in [1.165, 1.54) is 12.1 Å². The Hall–Kier alpha value is -3.15. The minimum absolute atomic E-state index is 0.128. The Morgan fingerprint density at radius 1 is 1.09 bits per heavy atom. The molecule has 0 N–H and O–H groups in total. The van der Waals surface area contributed by atoms with Crippen molar-refractivity contribution in [2.24, 2.45) is 0 Å². The lowest BCUT2D eigenvalue weighted by atomic mass is 10.1. The molecule has 116 valence electrons. The number of carbonyl (C=O) groups is 1. The molecule has 6 nitrogen and oxygen atoms in total. The van der Waals surface area contributed by atoms with Crippen LogP contribution in [0.4, 0.5) is 11.4 Å². The van der Waals surface area contributed by atoms with Gasteiger partial charge in [-0.25, -0.2) is 4.79 Å². The Morgan fingerprint density at radius 3 is 2.39 bits per heavy atom. The van der Waals surface area contributed by atoms with Crippen molar-refractivity contribution in [3.05, 3.63) is 69.3 Å². The monoisotopic (exact) mass is 310 g/mol. The topological polar surface area (TPSA) is 72.7 Å². The summed E-state index contributed by atoms with van der Waals surface area (Å²) in [6.07, 6.45) is 1.75. The average Bonchev–Trinajstić information content (AvgIpc) is 2.83. The fourth-order valence-electron chi connectivity index (χ4n) is 2.37. The van der Waals surface area contributed by atoms with Crippen LogP contribution in [0, 0.1) is 10.1 Å². The van der Waals surface area contributed by atoms with E-state index in [2.05, 4.69) is 0 Å². The molecule has 23 heavy (non-hydrogen) atoms.